The van der Waals surface area contributed by atoms with E-state index in [0.717, 1.165) is 68.7 Å². The van der Waals surface area contributed by atoms with Gasteiger partial charge in [0.25, 0.3) is 0 Å². The molecule has 4 aromatic rings. The normalized spacial score (nSPS) is 12.4. The lowest BCUT2D eigenvalue weighted by atomic mass is 9.90. The van der Waals surface area contributed by atoms with Crippen molar-refractivity contribution in [3.63, 3.8) is 0 Å². The Balaban J connectivity index is 1.95. The van der Waals surface area contributed by atoms with Gasteiger partial charge in [0.15, 0.2) is 0 Å². The largest absolute Gasteiger partial charge is 0.356 e. The Kier molecular flexibility index (Phi) is 9.74. The molecule has 212 valence electrons. The van der Waals surface area contributed by atoms with Crippen LogP contribution in [0.1, 0.15) is 84.4 Å². The van der Waals surface area contributed by atoms with Crippen molar-refractivity contribution < 1.29 is 14.3 Å². The lowest BCUT2D eigenvalue weighted by molar-refractivity contribution is -0.115. The molecule has 0 bridgehead atoms. The highest BCUT2D eigenvalue weighted by molar-refractivity contribution is 5.90. The van der Waals surface area contributed by atoms with Crippen LogP contribution in [0.4, 0.5) is 11.4 Å². The lowest BCUT2D eigenvalue weighted by Crippen LogP contribution is -2.18. The highest BCUT2D eigenvalue weighted by Gasteiger charge is 2.28. The van der Waals surface area contributed by atoms with Gasteiger partial charge in [-0.25, -0.2) is 0 Å². The van der Waals surface area contributed by atoms with E-state index < -0.39 is 12.2 Å². The van der Waals surface area contributed by atoms with Crippen LogP contribution in [0.25, 0.3) is 0 Å². The first-order valence-corrected chi connectivity index (χ1v) is 14.3. The Morgan fingerprint density at radius 3 is 1.32 bits per heavy atom. The number of anilines is 2. The Bertz CT molecular complexity index is 1400. The molecule has 0 fully saturated rings. The molecule has 4 aromatic carbocycles. The van der Waals surface area contributed by atoms with Crippen LogP contribution in [0.2, 0.25) is 0 Å². The van der Waals surface area contributed by atoms with E-state index in [0.29, 0.717) is 0 Å². The van der Waals surface area contributed by atoms with E-state index in [1.807, 2.05) is 62.4 Å². The van der Waals surface area contributed by atoms with Gasteiger partial charge in [0.2, 0.25) is 11.8 Å². The van der Waals surface area contributed by atoms with E-state index in [9.17, 15) is 9.59 Å². The zero-order valence-corrected chi connectivity index (χ0v) is 24.9. The summed E-state index contributed by atoms with van der Waals surface area (Å²) in [6.07, 6.45) is 0.797. The summed E-state index contributed by atoms with van der Waals surface area (Å²) in [6, 6.07) is 28.9. The minimum absolute atomic E-state index is 0.107. The van der Waals surface area contributed by atoms with E-state index in [-0.39, 0.29) is 11.8 Å². The number of amides is 2. The number of ether oxygens (including phenoxy) is 1. The molecule has 0 aliphatic heterocycles. The lowest BCUT2D eigenvalue weighted by Gasteiger charge is -2.30. The van der Waals surface area contributed by atoms with Crippen LogP contribution in [0.5, 0.6) is 0 Å². The Hall–Kier alpha value is -4.22. The topological polar surface area (TPSA) is 67.4 Å². The number of rotatable bonds is 10. The average molecular weight is 549 g/mol. The van der Waals surface area contributed by atoms with Crippen molar-refractivity contribution >= 4 is 23.2 Å². The van der Waals surface area contributed by atoms with Crippen molar-refractivity contribution in [1.82, 2.24) is 0 Å². The third-order valence-corrected chi connectivity index (χ3v) is 7.49. The molecule has 2 N–H and O–H groups in total. The Morgan fingerprint density at radius 2 is 1.00 bits per heavy atom. The molecule has 0 aliphatic carbocycles. The van der Waals surface area contributed by atoms with Crippen molar-refractivity contribution in [2.45, 2.75) is 66.6 Å². The Labute approximate surface area is 244 Å². The van der Waals surface area contributed by atoms with Gasteiger partial charge in [0.05, 0.1) is 0 Å². The molecule has 0 saturated carbocycles. The molecule has 0 radical (unpaired) electrons. The minimum atomic E-state index is -0.422. The average Bonchev–Trinajstić information content (AvgIpc) is 2.97. The summed E-state index contributed by atoms with van der Waals surface area (Å²) in [5.74, 6) is -0.215. The fraction of sp³-hybridized carbons (Fsp3) is 0.278. The molecule has 0 spiro atoms. The standard InChI is InChI=1S/C36H40N2O3/c1-7-27-19-31(23(3)33(21-27)37-25(5)39)35(29-15-11-9-12-16-29)41-36(30-17-13-10-14-18-30)32-20-28(8-2)22-34(24(32)4)38-26(6)40/h9-22,35-36H,7-8H2,1-6H3,(H,37,39)(H,38,40). The zero-order chi connectivity index (χ0) is 29.5. The minimum Gasteiger partial charge on any atom is -0.356 e. The van der Waals surface area contributed by atoms with Crippen LogP contribution in [0, 0.1) is 13.8 Å². The van der Waals surface area contributed by atoms with E-state index in [4.69, 9.17) is 4.74 Å². The van der Waals surface area contributed by atoms with E-state index in [2.05, 4.69) is 60.9 Å². The highest BCUT2D eigenvalue weighted by atomic mass is 16.5. The van der Waals surface area contributed by atoms with Crippen LogP contribution in [-0.2, 0) is 27.2 Å². The third kappa shape index (κ3) is 7.11. The molecular weight excluding hydrogens is 508 g/mol. The van der Waals surface area contributed by atoms with Crippen molar-refractivity contribution in [3.8, 4) is 0 Å². The predicted octanol–water partition coefficient (Wildman–Crippen LogP) is 8.24. The Morgan fingerprint density at radius 1 is 0.634 bits per heavy atom. The summed E-state index contributed by atoms with van der Waals surface area (Å²) in [7, 11) is 0. The van der Waals surface area contributed by atoms with Gasteiger partial charge in [-0.2, -0.15) is 0 Å². The molecule has 2 atom stereocenters. The van der Waals surface area contributed by atoms with Gasteiger partial charge in [0.1, 0.15) is 12.2 Å². The number of hydrogen-bond acceptors (Lipinski definition) is 3. The molecular formula is C36H40N2O3. The van der Waals surface area contributed by atoms with E-state index in [1.54, 1.807) is 0 Å². The molecule has 5 heteroatoms. The number of hydrogen-bond donors (Lipinski definition) is 2. The van der Waals surface area contributed by atoms with Gasteiger partial charge in [-0.05, 0) is 83.3 Å². The quantitative estimate of drug-likeness (QED) is 0.210. The van der Waals surface area contributed by atoms with Gasteiger partial charge in [-0.1, -0.05) is 86.6 Å². The SMILES string of the molecule is CCc1cc(NC(C)=O)c(C)c(C(OC(c2ccccc2)c2cc(CC)cc(NC(C)=O)c2C)c2ccccc2)c1. The van der Waals surface area contributed by atoms with Gasteiger partial charge in [-0.3, -0.25) is 9.59 Å². The molecule has 0 saturated heterocycles. The molecule has 0 aromatic heterocycles. The number of nitrogens with one attached hydrogen (secondary N) is 2. The second-order valence-electron chi connectivity index (χ2n) is 10.5. The van der Waals surface area contributed by atoms with Crippen molar-refractivity contribution in [2.75, 3.05) is 10.6 Å². The maximum Gasteiger partial charge on any atom is 0.221 e. The van der Waals surface area contributed by atoms with Crippen LogP contribution < -0.4 is 10.6 Å². The van der Waals surface area contributed by atoms with Gasteiger partial charge in [-0.15, -0.1) is 0 Å². The van der Waals surface area contributed by atoms with Crippen molar-refractivity contribution in [3.05, 3.63) is 129 Å². The molecule has 41 heavy (non-hydrogen) atoms. The number of carbonyl (C=O) groups excluding carboxylic acids is 2. The van der Waals surface area contributed by atoms with Gasteiger partial charge < -0.3 is 15.4 Å². The summed E-state index contributed by atoms with van der Waals surface area (Å²) in [5.41, 5.74) is 9.81. The molecule has 4 rings (SSSR count). The second kappa shape index (κ2) is 13.4. The van der Waals surface area contributed by atoms with Crippen molar-refractivity contribution in [2.24, 2.45) is 0 Å². The highest BCUT2D eigenvalue weighted by Crippen LogP contribution is 2.41. The maximum absolute atomic E-state index is 12.1. The first kappa shape index (κ1) is 29.8. The molecule has 2 amide bonds. The molecule has 2 unspecified atom stereocenters. The number of aryl methyl sites for hydroxylation is 2. The maximum atomic E-state index is 12.1. The monoisotopic (exact) mass is 548 g/mol. The van der Waals surface area contributed by atoms with E-state index >= 15 is 0 Å². The predicted molar refractivity (Wildman–Crippen MR) is 167 cm³/mol. The fourth-order valence-corrected chi connectivity index (χ4v) is 5.24. The molecule has 0 aliphatic rings. The number of carbonyl (C=O) groups is 2. The van der Waals surface area contributed by atoms with Crippen molar-refractivity contribution in [1.29, 1.82) is 0 Å². The first-order chi connectivity index (χ1) is 19.7. The summed E-state index contributed by atoms with van der Waals surface area (Å²) in [4.78, 5) is 24.2. The molecule has 5 nitrogen and oxygen atoms in total. The van der Waals surface area contributed by atoms with E-state index in [1.165, 1.54) is 13.8 Å². The van der Waals surface area contributed by atoms with Crippen LogP contribution in [-0.4, -0.2) is 11.8 Å². The summed E-state index contributed by atoms with van der Waals surface area (Å²) < 4.78 is 7.25. The van der Waals surface area contributed by atoms with Crippen LogP contribution in [0.3, 0.4) is 0 Å². The summed E-state index contributed by atoms with van der Waals surface area (Å²) in [6.45, 7) is 11.4. The van der Waals surface area contributed by atoms with Gasteiger partial charge >= 0.3 is 0 Å². The fourth-order valence-electron chi connectivity index (χ4n) is 5.24. The summed E-state index contributed by atoms with van der Waals surface area (Å²) in [5, 5.41) is 6.05. The van der Waals surface area contributed by atoms with Crippen LogP contribution >= 0.6 is 0 Å². The zero-order valence-electron chi connectivity index (χ0n) is 24.9. The third-order valence-electron chi connectivity index (χ3n) is 7.49. The second-order valence-corrected chi connectivity index (χ2v) is 10.5. The number of benzene rings is 4. The summed E-state index contributed by atoms with van der Waals surface area (Å²) >= 11 is 0. The van der Waals surface area contributed by atoms with Crippen LogP contribution in [0.15, 0.2) is 84.9 Å². The van der Waals surface area contributed by atoms with Gasteiger partial charge in [0, 0.05) is 25.2 Å². The smallest absolute Gasteiger partial charge is 0.221 e. The first-order valence-electron chi connectivity index (χ1n) is 14.3. The molecule has 0 heterocycles.